The van der Waals surface area contributed by atoms with Crippen molar-refractivity contribution in [2.75, 3.05) is 7.11 Å². The van der Waals surface area contributed by atoms with E-state index in [4.69, 9.17) is 27.9 Å². The first kappa shape index (κ1) is 16.1. The van der Waals surface area contributed by atoms with Gasteiger partial charge in [0.2, 0.25) is 0 Å². The molecule has 2 N–H and O–H groups in total. The molecule has 0 radical (unpaired) electrons. The highest BCUT2D eigenvalue weighted by molar-refractivity contribution is 6.36. The maximum Gasteiger partial charge on any atom is 0.272 e. The predicted molar refractivity (Wildman–Crippen MR) is 86.2 cm³/mol. The molecule has 0 spiro atoms. The van der Waals surface area contributed by atoms with Gasteiger partial charge in [0.15, 0.2) is 0 Å². The Kier molecular flexibility index (Phi) is 5.25. The molecule has 0 aliphatic heterocycles. The molecule has 0 bridgehead atoms. The van der Waals surface area contributed by atoms with Crippen molar-refractivity contribution in [1.82, 2.24) is 5.43 Å². The monoisotopic (exact) mass is 338 g/mol. The Labute approximate surface area is 137 Å². The van der Waals surface area contributed by atoms with E-state index in [0.717, 1.165) is 0 Å². The van der Waals surface area contributed by atoms with Gasteiger partial charge in [0.1, 0.15) is 11.5 Å². The minimum absolute atomic E-state index is 0.0170. The van der Waals surface area contributed by atoms with Crippen molar-refractivity contribution >= 4 is 35.3 Å². The molecule has 0 saturated carbocycles. The number of amides is 1. The van der Waals surface area contributed by atoms with Crippen LogP contribution in [-0.2, 0) is 0 Å². The first-order valence-corrected chi connectivity index (χ1v) is 6.92. The molecule has 5 nitrogen and oxygen atoms in total. The molecule has 0 saturated heterocycles. The van der Waals surface area contributed by atoms with Gasteiger partial charge >= 0.3 is 0 Å². The lowest BCUT2D eigenvalue weighted by Crippen LogP contribution is -2.18. The standard InChI is InChI=1S/C15H12Cl2N2O3/c1-22-11-3-5-14(20)9(6-11)8-18-19-15(21)12-4-2-10(16)7-13(12)17/h2-8,20H,1H3,(H,19,21)/b18-8-. The van der Waals surface area contributed by atoms with Gasteiger partial charge in [0.05, 0.1) is 23.9 Å². The summed E-state index contributed by atoms with van der Waals surface area (Å²) in [6, 6.07) is 9.19. The van der Waals surface area contributed by atoms with Gasteiger partial charge < -0.3 is 9.84 Å². The summed E-state index contributed by atoms with van der Waals surface area (Å²) in [6.07, 6.45) is 1.31. The fourth-order valence-corrected chi connectivity index (χ4v) is 2.15. The molecule has 114 valence electrons. The summed E-state index contributed by atoms with van der Waals surface area (Å²) in [5, 5.41) is 14.1. The number of phenolic OH excluding ortho intramolecular Hbond substituents is 1. The first-order chi connectivity index (χ1) is 10.5. The number of rotatable bonds is 4. The van der Waals surface area contributed by atoms with E-state index in [1.54, 1.807) is 18.2 Å². The highest BCUT2D eigenvalue weighted by Gasteiger charge is 2.09. The van der Waals surface area contributed by atoms with E-state index >= 15 is 0 Å². The number of hydrogen-bond donors (Lipinski definition) is 2. The van der Waals surface area contributed by atoms with Gasteiger partial charge in [0.25, 0.3) is 5.91 Å². The summed E-state index contributed by atoms with van der Waals surface area (Å²) in [4.78, 5) is 11.9. The number of phenols is 1. The average Bonchev–Trinajstić information content (AvgIpc) is 2.49. The summed E-state index contributed by atoms with van der Waals surface area (Å²) < 4.78 is 5.04. The van der Waals surface area contributed by atoms with Crippen molar-refractivity contribution in [3.63, 3.8) is 0 Å². The second kappa shape index (κ2) is 7.15. The van der Waals surface area contributed by atoms with Gasteiger partial charge in [-0.3, -0.25) is 4.79 Å². The Bertz CT molecular complexity index is 733. The Morgan fingerprint density at radius 2 is 2.05 bits per heavy atom. The van der Waals surface area contributed by atoms with E-state index in [9.17, 15) is 9.90 Å². The number of nitrogens with one attached hydrogen (secondary N) is 1. The summed E-state index contributed by atoms with van der Waals surface area (Å²) in [5.74, 6) is 0.0925. The number of carbonyl (C=O) groups excluding carboxylic acids is 1. The molecule has 2 aromatic rings. The van der Waals surface area contributed by atoms with Gasteiger partial charge in [0, 0.05) is 10.6 Å². The SMILES string of the molecule is COc1ccc(O)c(/C=N\NC(=O)c2ccc(Cl)cc2Cl)c1. The Hall–Kier alpha value is -2.24. The molecule has 0 aliphatic rings. The molecule has 0 aliphatic carbocycles. The zero-order valence-corrected chi connectivity index (χ0v) is 13.0. The zero-order valence-electron chi connectivity index (χ0n) is 11.5. The highest BCUT2D eigenvalue weighted by Crippen LogP contribution is 2.22. The molecule has 0 unspecified atom stereocenters. The van der Waals surface area contributed by atoms with Crippen LogP contribution in [0.3, 0.4) is 0 Å². The molecule has 22 heavy (non-hydrogen) atoms. The van der Waals surface area contributed by atoms with Crippen molar-refractivity contribution in [3.05, 3.63) is 57.6 Å². The third-order valence-electron chi connectivity index (χ3n) is 2.78. The van der Waals surface area contributed by atoms with Crippen molar-refractivity contribution in [2.45, 2.75) is 0 Å². The lowest BCUT2D eigenvalue weighted by Gasteiger charge is -2.04. The van der Waals surface area contributed by atoms with Crippen molar-refractivity contribution in [2.24, 2.45) is 5.10 Å². The maximum atomic E-state index is 11.9. The molecule has 7 heteroatoms. The molecule has 0 atom stereocenters. The number of nitrogens with zero attached hydrogens (tertiary/aromatic N) is 1. The molecule has 0 fully saturated rings. The van der Waals surface area contributed by atoms with Crippen LogP contribution in [0, 0.1) is 0 Å². The van der Waals surface area contributed by atoms with Crippen LogP contribution >= 0.6 is 23.2 Å². The Balaban J connectivity index is 2.10. The van der Waals surface area contributed by atoms with Crippen LogP contribution in [0.5, 0.6) is 11.5 Å². The molecule has 0 heterocycles. The van der Waals surface area contributed by atoms with Crippen molar-refractivity contribution < 1.29 is 14.6 Å². The van der Waals surface area contributed by atoms with E-state index in [-0.39, 0.29) is 16.3 Å². The first-order valence-electron chi connectivity index (χ1n) is 6.16. The van der Waals surface area contributed by atoms with E-state index in [1.807, 2.05) is 0 Å². The van der Waals surface area contributed by atoms with Crippen LogP contribution in [0.4, 0.5) is 0 Å². The Morgan fingerprint density at radius 1 is 1.27 bits per heavy atom. The van der Waals surface area contributed by atoms with Gasteiger partial charge in [-0.25, -0.2) is 5.43 Å². The van der Waals surface area contributed by atoms with Crippen LogP contribution in [-0.4, -0.2) is 24.3 Å². The van der Waals surface area contributed by atoms with E-state index in [1.165, 1.54) is 31.5 Å². The van der Waals surface area contributed by atoms with E-state index in [0.29, 0.717) is 16.3 Å². The average molecular weight is 339 g/mol. The number of benzene rings is 2. The van der Waals surface area contributed by atoms with Crippen LogP contribution < -0.4 is 10.2 Å². The lowest BCUT2D eigenvalue weighted by molar-refractivity contribution is 0.0955. The number of halogens is 2. The van der Waals surface area contributed by atoms with Crippen LogP contribution in [0.15, 0.2) is 41.5 Å². The maximum absolute atomic E-state index is 11.9. The van der Waals surface area contributed by atoms with E-state index in [2.05, 4.69) is 10.5 Å². The van der Waals surface area contributed by atoms with Gasteiger partial charge in [-0.1, -0.05) is 23.2 Å². The number of hydrogen-bond acceptors (Lipinski definition) is 4. The lowest BCUT2D eigenvalue weighted by atomic mass is 10.2. The molecule has 2 aromatic carbocycles. The Morgan fingerprint density at radius 3 is 2.73 bits per heavy atom. The molecule has 2 rings (SSSR count). The minimum Gasteiger partial charge on any atom is -0.507 e. The fourth-order valence-electron chi connectivity index (χ4n) is 1.66. The van der Waals surface area contributed by atoms with Crippen LogP contribution in [0.25, 0.3) is 0 Å². The predicted octanol–water partition coefficient (Wildman–Crippen LogP) is 3.47. The number of methoxy groups -OCH3 is 1. The molecule has 0 aromatic heterocycles. The summed E-state index contributed by atoms with van der Waals surface area (Å²) in [5.41, 5.74) is 2.98. The number of aromatic hydroxyl groups is 1. The van der Waals surface area contributed by atoms with Gasteiger partial charge in [-0.05, 0) is 36.4 Å². The summed E-state index contributed by atoms with van der Waals surface area (Å²) >= 11 is 11.7. The smallest absolute Gasteiger partial charge is 0.272 e. The fraction of sp³-hybridized carbons (Fsp3) is 0.0667. The van der Waals surface area contributed by atoms with Crippen molar-refractivity contribution in [3.8, 4) is 11.5 Å². The van der Waals surface area contributed by atoms with Crippen molar-refractivity contribution in [1.29, 1.82) is 0 Å². The number of hydrazone groups is 1. The zero-order chi connectivity index (χ0) is 16.1. The molecular formula is C15H12Cl2N2O3. The van der Waals surface area contributed by atoms with E-state index < -0.39 is 5.91 Å². The molecular weight excluding hydrogens is 327 g/mol. The third-order valence-corrected chi connectivity index (χ3v) is 3.33. The minimum atomic E-state index is -0.486. The molecule has 1 amide bonds. The number of carbonyl (C=O) groups is 1. The number of ether oxygens (including phenoxy) is 1. The second-order valence-corrected chi connectivity index (χ2v) is 5.09. The van der Waals surface area contributed by atoms with Gasteiger partial charge in [-0.2, -0.15) is 5.10 Å². The second-order valence-electron chi connectivity index (χ2n) is 4.25. The highest BCUT2D eigenvalue weighted by atomic mass is 35.5. The summed E-state index contributed by atoms with van der Waals surface area (Å²) in [6.45, 7) is 0. The largest absolute Gasteiger partial charge is 0.507 e. The van der Waals surface area contributed by atoms with Crippen LogP contribution in [0.1, 0.15) is 15.9 Å². The topological polar surface area (TPSA) is 70.9 Å². The quantitative estimate of drug-likeness (QED) is 0.662. The van der Waals surface area contributed by atoms with Gasteiger partial charge in [-0.15, -0.1) is 0 Å². The third kappa shape index (κ3) is 3.90. The van der Waals surface area contributed by atoms with Crippen LogP contribution in [0.2, 0.25) is 10.0 Å². The normalized spacial score (nSPS) is 10.7. The summed E-state index contributed by atoms with van der Waals surface area (Å²) in [7, 11) is 1.51.